The summed E-state index contributed by atoms with van der Waals surface area (Å²) in [5.41, 5.74) is 4.02. The predicted molar refractivity (Wildman–Crippen MR) is 122 cm³/mol. The Labute approximate surface area is 184 Å². The van der Waals surface area contributed by atoms with Crippen LogP contribution in [0.1, 0.15) is 22.6 Å². The highest BCUT2D eigenvalue weighted by atomic mass is 16.6. The maximum absolute atomic E-state index is 12.9. The molecule has 3 aromatic carbocycles. The van der Waals surface area contributed by atoms with E-state index in [1.807, 2.05) is 54.6 Å². The zero-order valence-electron chi connectivity index (χ0n) is 17.2. The van der Waals surface area contributed by atoms with Crippen LogP contribution in [-0.2, 0) is 11.3 Å². The fourth-order valence-electron chi connectivity index (χ4n) is 3.68. The van der Waals surface area contributed by atoms with Crippen molar-refractivity contribution in [1.82, 2.24) is 5.32 Å². The van der Waals surface area contributed by atoms with Gasteiger partial charge in [-0.3, -0.25) is 19.9 Å². The zero-order chi connectivity index (χ0) is 22.5. The molecular weight excluding hydrogens is 408 g/mol. The number of carbonyl (C=O) groups is 1. The maximum Gasteiger partial charge on any atom is 0.269 e. The summed E-state index contributed by atoms with van der Waals surface area (Å²) in [6, 6.07) is 21.3. The molecule has 162 valence electrons. The summed E-state index contributed by atoms with van der Waals surface area (Å²) in [5, 5.41) is 26.1. The van der Waals surface area contributed by atoms with Crippen molar-refractivity contribution in [2.75, 3.05) is 18.5 Å². The van der Waals surface area contributed by atoms with Gasteiger partial charge in [0.15, 0.2) is 0 Å². The molecule has 1 aliphatic heterocycles. The number of nitrogens with one attached hydrogen (secondary N) is 2. The molecule has 1 aliphatic rings. The van der Waals surface area contributed by atoms with Gasteiger partial charge < -0.3 is 15.7 Å². The first-order chi connectivity index (χ1) is 15.6. The Morgan fingerprint density at radius 3 is 2.53 bits per heavy atom. The number of hydrogen-bond donors (Lipinski definition) is 3. The molecule has 4 rings (SSSR count). The van der Waals surface area contributed by atoms with Gasteiger partial charge in [0.25, 0.3) is 5.69 Å². The molecule has 0 saturated heterocycles. The second-order valence-corrected chi connectivity index (χ2v) is 7.38. The van der Waals surface area contributed by atoms with Gasteiger partial charge >= 0.3 is 0 Å². The third-order valence-electron chi connectivity index (χ3n) is 5.22. The molecule has 32 heavy (non-hydrogen) atoms. The number of anilines is 1. The fourth-order valence-corrected chi connectivity index (χ4v) is 3.68. The molecular formula is C24H22N4O4. The van der Waals surface area contributed by atoms with Crippen LogP contribution in [-0.4, -0.2) is 34.8 Å². The topological polar surface area (TPSA) is 117 Å². The van der Waals surface area contributed by atoms with E-state index in [2.05, 4.69) is 10.6 Å². The second kappa shape index (κ2) is 9.51. The number of fused-ring (bicyclic) bond motifs is 1. The van der Waals surface area contributed by atoms with Gasteiger partial charge in [-0.15, -0.1) is 0 Å². The molecule has 8 heteroatoms. The molecule has 0 fully saturated rings. The molecule has 1 unspecified atom stereocenters. The lowest BCUT2D eigenvalue weighted by atomic mass is 9.90. The van der Waals surface area contributed by atoms with Crippen LogP contribution in [0.15, 0.2) is 77.8 Å². The van der Waals surface area contributed by atoms with E-state index in [-0.39, 0.29) is 18.2 Å². The van der Waals surface area contributed by atoms with E-state index < -0.39 is 10.8 Å². The van der Waals surface area contributed by atoms with Crippen molar-refractivity contribution in [2.45, 2.75) is 12.5 Å². The van der Waals surface area contributed by atoms with Crippen LogP contribution in [0.5, 0.6) is 0 Å². The first-order valence-corrected chi connectivity index (χ1v) is 10.2. The minimum absolute atomic E-state index is 0.0719. The number of aliphatic hydroxyl groups is 1. The van der Waals surface area contributed by atoms with E-state index in [1.165, 1.54) is 12.1 Å². The largest absolute Gasteiger partial charge is 0.395 e. The van der Waals surface area contributed by atoms with Crippen LogP contribution in [0, 0.1) is 10.1 Å². The Morgan fingerprint density at radius 1 is 1.09 bits per heavy atom. The highest BCUT2D eigenvalue weighted by Crippen LogP contribution is 2.38. The van der Waals surface area contributed by atoms with E-state index in [0.29, 0.717) is 35.7 Å². The van der Waals surface area contributed by atoms with Crippen molar-refractivity contribution in [2.24, 2.45) is 4.99 Å². The Kier molecular flexibility index (Phi) is 6.34. The van der Waals surface area contributed by atoms with Crippen LogP contribution in [0.4, 0.5) is 17.1 Å². The summed E-state index contributed by atoms with van der Waals surface area (Å²) in [6.45, 7) is 1.21. The van der Waals surface area contributed by atoms with Gasteiger partial charge in [0, 0.05) is 36.5 Å². The number of nitro benzene ring substituents is 1. The average Bonchev–Trinajstić information content (AvgIpc) is 3.14. The van der Waals surface area contributed by atoms with Crippen LogP contribution >= 0.6 is 0 Å². The Morgan fingerprint density at radius 2 is 1.84 bits per heavy atom. The number of hydrogen-bond acceptors (Lipinski definition) is 6. The summed E-state index contributed by atoms with van der Waals surface area (Å²) in [6.07, 6.45) is 0. The first kappa shape index (κ1) is 21.4. The van der Waals surface area contributed by atoms with E-state index in [1.54, 1.807) is 6.07 Å². The van der Waals surface area contributed by atoms with Crippen LogP contribution < -0.4 is 10.6 Å². The lowest BCUT2D eigenvalue weighted by molar-refractivity contribution is -0.384. The lowest BCUT2D eigenvalue weighted by Crippen LogP contribution is -2.22. The van der Waals surface area contributed by atoms with Gasteiger partial charge in [0.05, 0.1) is 22.9 Å². The number of amides is 1. The third-order valence-corrected chi connectivity index (χ3v) is 5.22. The van der Waals surface area contributed by atoms with Gasteiger partial charge in [-0.2, -0.15) is 0 Å². The Balaban J connectivity index is 1.74. The van der Waals surface area contributed by atoms with Gasteiger partial charge in [0.1, 0.15) is 5.92 Å². The first-order valence-electron chi connectivity index (χ1n) is 10.2. The Hall–Kier alpha value is -3.88. The van der Waals surface area contributed by atoms with Gasteiger partial charge in [-0.1, -0.05) is 42.5 Å². The zero-order valence-corrected chi connectivity index (χ0v) is 17.2. The highest BCUT2D eigenvalue weighted by Gasteiger charge is 2.36. The number of rotatable bonds is 8. The van der Waals surface area contributed by atoms with Gasteiger partial charge in [-0.05, 0) is 29.3 Å². The average molecular weight is 430 g/mol. The fraction of sp³-hybridized carbons (Fsp3) is 0.167. The van der Waals surface area contributed by atoms with Crippen molar-refractivity contribution in [1.29, 1.82) is 0 Å². The maximum atomic E-state index is 12.9. The molecule has 3 aromatic rings. The summed E-state index contributed by atoms with van der Waals surface area (Å²) in [7, 11) is 0. The number of nitrogens with zero attached hydrogens (tertiary/aromatic N) is 2. The van der Waals surface area contributed by atoms with Crippen molar-refractivity contribution >= 4 is 28.7 Å². The number of carbonyl (C=O) groups excluding carboxylic acids is 1. The minimum Gasteiger partial charge on any atom is -0.395 e. The molecule has 0 aromatic heterocycles. The summed E-state index contributed by atoms with van der Waals surface area (Å²) >= 11 is 0. The number of nitro groups is 1. The summed E-state index contributed by atoms with van der Waals surface area (Å²) in [5.74, 6) is -1.04. The van der Waals surface area contributed by atoms with Crippen LogP contribution in [0.3, 0.4) is 0 Å². The number of benzene rings is 3. The standard InChI is InChI=1S/C24H22N4O4/c29-13-12-25-15-16-6-8-18(9-7-16)26-23(17-4-2-1-3-5-17)22-20-14-19(28(31)32)10-11-21(20)27-24(22)30/h1-11,14,22,25,29H,12-13,15H2,(H,27,30). The molecule has 8 nitrogen and oxygen atoms in total. The predicted octanol–water partition coefficient (Wildman–Crippen LogP) is 3.53. The number of aliphatic imine (C=N–C) groups is 1. The third kappa shape index (κ3) is 4.56. The molecule has 1 amide bonds. The molecule has 0 radical (unpaired) electrons. The van der Waals surface area contributed by atoms with Gasteiger partial charge in [0.2, 0.25) is 5.91 Å². The normalized spacial score (nSPS) is 15.3. The van der Waals surface area contributed by atoms with Crippen molar-refractivity contribution in [3.63, 3.8) is 0 Å². The number of aliphatic hydroxyl groups excluding tert-OH is 1. The summed E-state index contributed by atoms with van der Waals surface area (Å²) in [4.78, 5) is 28.6. The van der Waals surface area contributed by atoms with Crippen LogP contribution in [0.25, 0.3) is 0 Å². The van der Waals surface area contributed by atoms with Crippen LogP contribution in [0.2, 0.25) is 0 Å². The smallest absolute Gasteiger partial charge is 0.269 e. The minimum atomic E-state index is -0.766. The molecule has 3 N–H and O–H groups in total. The molecule has 0 aliphatic carbocycles. The van der Waals surface area contributed by atoms with Crippen molar-refractivity contribution in [3.05, 3.63) is 99.6 Å². The number of non-ortho nitro benzene ring substituents is 1. The highest BCUT2D eigenvalue weighted by molar-refractivity contribution is 6.24. The molecule has 0 bridgehead atoms. The SMILES string of the molecule is O=C1Nc2ccc([N+](=O)[O-])cc2C1C(=Nc1ccc(CNCCO)cc1)c1ccccc1. The molecule has 1 heterocycles. The quantitative estimate of drug-likeness (QED) is 0.219. The Bertz CT molecular complexity index is 1160. The van der Waals surface area contributed by atoms with Gasteiger partial charge in [-0.25, -0.2) is 0 Å². The summed E-state index contributed by atoms with van der Waals surface area (Å²) < 4.78 is 0. The lowest BCUT2D eigenvalue weighted by Gasteiger charge is -2.14. The molecule has 0 spiro atoms. The molecule has 0 saturated carbocycles. The van der Waals surface area contributed by atoms with E-state index in [9.17, 15) is 14.9 Å². The van der Waals surface area contributed by atoms with E-state index in [4.69, 9.17) is 10.1 Å². The second-order valence-electron chi connectivity index (χ2n) is 7.38. The van der Waals surface area contributed by atoms with Crippen molar-refractivity contribution in [3.8, 4) is 0 Å². The monoisotopic (exact) mass is 430 g/mol. The van der Waals surface area contributed by atoms with Crippen molar-refractivity contribution < 1.29 is 14.8 Å². The van der Waals surface area contributed by atoms with E-state index in [0.717, 1.165) is 11.1 Å². The molecule has 1 atom stereocenters. The van der Waals surface area contributed by atoms with E-state index >= 15 is 0 Å².